The fourth-order valence-electron chi connectivity index (χ4n) is 3.19. The average Bonchev–Trinajstić information content (AvgIpc) is 3.08. The lowest BCUT2D eigenvalue weighted by atomic mass is 9.88. The number of carbonyl (C=O) groups excluding carboxylic acids is 2. The van der Waals surface area contributed by atoms with E-state index in [1.54, 1.807) is 20.8 Å². The van der Waals surface area contributed by atoms with Crippen LogP contribution in [0.25, 0.3) is 0 Å². The zero-order valence-corrected chi connectivity index (χ0v) is 13.6. The number of Topliss-reactive ketones (excluding diaryl/α,β-unsaturated/α-hetero) is 1. The topological polar surface area (TPSA) is 49.9 Å². The fraction of sp³-hybridized carbons (Fsp3) is 0.875. The van der Waals surface area contributed by atoms with E-state index in [1.165, 1.54) is 25.9 Å². The summed E-state index contributed by atoms with van der Waals surface area (Å²) in [4.78, 5) is 29.0. The van der Waals surface area contributed by atoms with E-state index in [0.717, 1.165) is 19.5 Å². The lowest BCUT2D eigenvalue weighted by Crippen LogP contribution is -2.43. The van der Waals surface area contributed by atoms with E-state index in [-0.39, 0.29) is 5.78 Å². The first-order valence-corrected chi connectivity index (χ1v) is 8.12. The van der Waals surface area contributed by atoms with Gasteiger partial charge in [0, 0.05) is 19.1 Å². The Kier molecular flexibility index (Phi) is 5.38. The smallest absolute Gasteiger partial charge is 0.319 e. The Morgan fingerprint density at radius 3 is 2.48 bits per heavy atom. The van der Waals surface area contributed by atoms with Gasteiger partial charge in [-0.2, -0.15) is 0 Å². The van der Waals surface area contributed by atoms with Crippen molar-refractivity contribution in [3.63, 3.8) is 0 Å². The molecule has 5 heteroatoms. The highest BCUT2D eigenvalue weighted by Crippen LogP contribution is 2.23. The van der Waals surface area contributed by atoms with Crippen molar-refractivity contribution < 1.29 is 14.3 Å². The van der Waals surface area contributed by atoms with Crippen LogP contribution in [-0.2, 0) is 14.3 Å². The van der Waals surface area contributed by atoms with Gasteiger partial charge in [0.2, 0.25) is 0 Å². The second-order valence-corrected chi connectivity index (χ2v) is 6.69. The number of hydrogen-bond acceptors (Lipinski definition) is 5. The fourth-order valence-corrected chi connectivity index (χ4v) is 3.19. The highest BCUT2D eigenvalue weighted by atomic mass is 16.5. The molecule has 2 fully saturated rings. The van der Waals surface area contributed by atoms with Gasteiger partial charge < -0.3 is 4.74 Å². The van der Waals surface area contributed by atoms with E-state index in [2.05, 4.69) is 9.80 Å². The van der Waals surface area contributed by atoms with Gasteiger partial charge in [0.05, 0.1) is 13.2 Å². The van der Waals surface area contributed by atoms with Crippen LogP contribution in [0.4, 0.5) is 0 Å². The zero-order chi connectivity index (χ0) is 15.5. The van der Waals surface area contributed by atoms with Crippen LogP contribution in [0.5, 0.6) is 0 Å². The Labute approximate surface area is 127 Å². The summed E-state index contributed by atoms with van der Waals surface area (Å²) in [5.41, 5.74) is -1.04. The lowest BCUT2D eigenvalue weighted by Gasteiger charge is -2.26. The van der Waals surface area contributed by atoms with E-state index in [9.17, 15) is 9.59 Å². The van der Waals surface area contributed by atoms with Crippen molar-refractivity contribution in [3.8, 4) is 0 Å². The molecule has 0 radical (unpaired) electrons. The molecule has 0 N–H and O–H groups in total. The van der Waals surface area contributed by atoms with E-state index >= 15 is 0 Å². The molecule has 0 aromatic carbocycles. The molecule has 0 amide bonds. The molecule has 0 aromatic heterocycles. The first kappa shape index (κ1) is 16.4. The van der Waals surface area contributed by atoms with E-state index in [0.29, 0.717) is 19.2 Å². The third kappa shape index (κ3) is 3.83. The van der Waals surface area contributed by atoms with Crippen LogP contribution in [0.15, 0.2) is 0 Å². The van der Waals surface area contributed by atoms with Gasteiger partial charge in [0.15, 0.2) is 5.78 Å². The summed E-state index contributed by atoms with van der Waals surface area (Å²) in [6.45, 7) is 10.1. The number of nitrogens with zero attached hydrogens (tertiary/aromatic N) is 2. The molecule has 2 saturated heterocycles. The van der Waals surface area contributed by atoms with E-state index in [4.69, 9.17) is 4.74 Å². The second-order valence-electron chi connectivity index (χ2n) is 6.69. The maximum atomic E-state index is 12.4. The predicted molar refractivity (Wildman–Crippen MR) is 81.1 cm³/mol. The molecule has 120 valence electrons. The molecule has 5 nitrogen and oxygen atoms in total. The van der Waals surface area contributed by atoms with Crippen LogP contribution in [0.3, 0.4) is 0 Å². The van der Waals surface area contributed by atoms with Crippen LogP contribution in [0, 0.1) is 5.41 Å². The second kappa shape index (κ2) is 6.88. The molecule has 1 unspecified atom stereocenters. The van der Waals surface area contributed by atoms with Crippen molar-refractivity contribution in [2.75, 3.05) is 39.3 Å². The van der Waals surface area contributed by atoms with Gasteiger partial charge in [-0.15, -0.1) is 0 Å². The summed E-state index contributed by atoms with van der Waals surface area (Å²) < 4.78 is 5.01. The van der Waals surface area contributed by atoms with E-state index < -0.39 is 11.4 Å². The first-order chi connectivity index (χ1) is 9.95. The summed E-state index contributed by atoms with van der Waals surface area (Å²) in [7, 11) is 0. The van der Waals surface area contributed by atoms with Gasteiger partial charge in [-0.3, -0.25) is 19.4 Å². The molecule has 0 bridgehead atoms. The number of ketones is 1. The van der Waals surface area contributed by atoms with Gasteiger partial charge in [-0.1, -0.05) is 0 Å². The number of esters is 1. The molecule has 0 aromatic rings. The van der Waals surface area contributed by atoms with Crippen molar-refractivity contribution in [2.24, 2.45) is 5.41 Å². The van der Waals surface area contributed by atoms with E-state index in [1.807, 2.05) is 0 Å². The lowest BCUT2D eigenvalue weighted by molar-refractivity contribution is -0.158. The minimum absolute atomic E-state index is 0.0389. The molecule has 1 atom stereocenters. The molecule has 2 rings (SSSR count). The number of likely N-dealkylation sites (tertiary alicyclic amines) is 2. The molecule has 2 heterocycles. The van der Waals surface area contributed by atoms with Crippen LogP contribution in [-0.4, -0.2) is 66.9 Å². The highest BCUT2D eigenvalue weighted by molar-refractivity contribution is 6.03. The third-order valence-electron chi connectivity index (χ3n) is 4.75. The van der Waals surface area contributed by atoms with Crippen molar-refractivity contribution in [1.82, 2.24) is 9.80 Å². The summed E-state index contributed by atoms with van der Waals surface area (Å²) in [5.74, 6) is -0.451. The van der Waals surface area contributed by atoms with Crippen molar-refractivity contribution in [3.05, 3.63) is 0 Å². The van der Waals surface area contributed by atoms with Gasteiger partial charge in [-0.05, 0) is 53.1 Å². The van der Waals surface area contributed by atoms with Crippen LogP contribution in [0.2, 0.25) is 0 Å². The van der Waals surface area contributed by atoms with Gasteiger partial charge in [-0.25, -0.2) is 0 Å². The summed E-state index contributed by atoms with van der Waals surface area (Å²) in [6.07, 6.45) is 3.73. The zero-order valence-electron chi connectivity index (χ0n) is 13.6. The van der Waals surface area contributed by atoms with Gasteiger partial charge >= 0.3 is 5.97 Å². The molecule has 0 aliphatic carbocycles. The Bertz CT molecular complexity index is 389. The normalized spacial score (nSPS) is 24.4. The summed E-state index contributed by atoms with van der Waals surface area (Å²) >= 11 is 0. The van der Waals surface area contributed by atoms with Crippen LogP contribution >= 0.6 is 0 Å². The summed E-state index contributed by atoms with van der Waals surface area (Å²) in [6, 6.07) is 0.589. The quantitative estimate of drug-likeness (QED) is 0.546. The third-order valence-corrected chi connectivity index (χ3v) is 4.75. The monoisotopic (exact) mass is 296 g/mol. The number of rotatable bonds is 6. The SMILES string of the molecule is CCOC(=O)C(C)(C)C(=O)CN1CCC(N2CCCC2)C1. The number of ether oxygens (including phenoxy) is 1. The Hall–Kier alpha value is -0.940. The van der Waals surface area contributed by atoms with Crippen molar-refractivity contribution in [2.45, 2.75) is 46.1 Å². The van der Waals surface area contributed by atoms with Crippen molar-refractivity contribution in [1.29, 1.82) is 0 Å². The number of carbonyl (C=O) groups is 2. The maximum absolute atomic E-state index is 12.4. The highest BCUT2D eigenvalue weighted by Gasteiger charge is 2.39. The van der Waals surface area contributed by atoms with Gasteiger partial charge in [0.1, 0.15) is 5.41 Å². The van der Waals surface area contributed by atoms with Gasteiger partial charge in [0.25, 0.3) is 0 Å². The minimum atomic E-state index is -1.04. The van der Waals surface area contributed by atoms with Crippen LogP contribution < -0.4 is 0 Å². The number of hydrogen-bond donors (Lipinski definition) is 0. The molecule has 2 aliphatic rings. The summed E-state index contributed by atoms with van der Waals surface area (Å²) in [5, 5.41) is 0. The maximum Gasteiger partial charge on any atom is 0.319 e. The average molecular weight is 296 g/mol. The standard InChI is InChI=1S/C16H28N2O3/c1-4-21-15(20)16(2,3)14(19)12-17-10-7-13(11-17)18-8-5-6-9-18/h13H,4-12H2,1-3H3. The first-order valence-electron chi connectivity index (χ1n) is 8.12. The van der Waals surface area contributed by atoms with Crippen molar-refractivity contribution >= 4 is 11.8 Å². The molecular formula is C16H28N2O3. The molecule has 0 spiro atoms. The molecule has 21 heavy (non-hydrogen) atoms. The minimum Gasteiger partial charge on any atom is -0.465 e. The Balaban J connectivity index is 1.84. The largest absolute Gasteiger partial charge is 0.465 e. The molecule has 0 saturated carbocycles. The predicted octanol–water partition coefficient (Wildman–Crippen LogP) is 1.31. The Morgan fingerprint density at radius 1 is 1.19 bits per heavy atom. The molecule has 2 aliphatic heterocycles. The Morgan fingerprint density at radius 2 is 1.86 bits per heavy atom. The molecular weight excluding hydrogens is 268 g/mol. The van der Waals surface area contributed by atoms with Crippen LogP contribution in [0.1, 0.15) is 40.0 Å².